The number of hydrogen-bond acceptors (Lipinski definition) is 9. The van der Waals surface area contributed by atoms with E-state index in [2.05, 4.69) is 187 Å². The van der Waals surface area contributed by atoms with E-state index in [1.807, 2.05) is 0 Å². The smallest absolute Gasteiger partial charge is 0.0594 e. The largest absolute Gasteiger partial charge is 0.379 e. The highest BCUT2D eigenvalue weighted by Crippen LogP contribution is 2.67. The summed E-state index contributed by atoms with van der Waals surface area (Å²) >= 11 is 0. The molecule has 0 bridgehead atoms. The Kier molecular flexibility index (Phi) is 15.6. The van der Waals surface area contributed by atoms with Crippen LogP contribution < -0.4 is 5.73 Å². The molecule has 68 heavy (non-hydrogen) atoms. The highest BCUT2D eigenvalue weighted by Gasteiger charge is 2.70. The van der Waals surface area contributed by atoms with Gasteiger partial charge >= 0.3 is 0 Å². The lowest BCUT2D eigenvalue weighted by Crippen LogP contribution is -2.49. The van der Waals surface area contributed by atoms with Gasteiger partial charge in [0.25, 0.3) is 0 Å². The van der Waals surface area contributed by atoms with Crippen LogP contribution in [0.5, 0.6) is 0 Å². The van der Waals surface area contributed by atoms with Crippen molar-refractivity contribution in [2.75, 3.05) is 79.7 Å². The van der Waals surface area contributed by atoms with Gasteiger partial charge in [-0.3, -0.25) is 24.5 Å². The fraction of sp³-hybridized carbons (Fsp3) is 1.00. The van der Waals surface area contributed by atoms with Gasteiger partial charge in [-0.05, 0) is 228 Å². The van der Waals surface area contributed by atoms with Gasteiger partial charge in [-0.25, -0.2) is 0 Å². The van der Waals surface area contributed by atoms with Crippen LogP contribution in [0.3, 0.4) is 0 Å². The minimum atomic E-state index is 0.297. The summed E-state index contributed by atoms with van der Waals surface area (Å²) in [5, 5.41) is 0. The molecule has 10 aliphatic rings. The van der Waals surface area contributed by atoms with Crippen molar-refractivity contribution in [3.8, 4) is 0 Å². The zero-order valence-corrected chi connectivity index (χ0v) is 49.1. The highest BCUT2D eigenvalue weighted by atomic mass is 16.5. The number of morpholine rings is 1. The van der Waals surface area contributed by atoms with E-state index in [1.54, 1.807) is 0 Å². The van der Waals surface area contributed by atoms with Crippen LogP contribution in [0.4, 0.5) is 0 Å². The molecule has 0 amide bonds. The molecular weight excluding hydrogens is 837 g/mol. The van der Waals surface area contributed by atoms with E-state index < -0.39 is 0 Å². The molecule has 12 unspecified atom stereocenters. The highest BCUT2D eigenvalue weighted by molar-refractivity contribution is 5.23. The molecule has 0 aromatic rings. The summed E-state index contributed by atoms with van der Waals surface area (Å²) in [4.78, 5) is 18.8. The third-order valence-corrected chi connectivity index (χ3v) is 21.1. The Labute approximate surface area is 422 Å². The first-order valence-corrected chi connectivity index (χ1v) is 28.7. The van der Waals surface area contributed by atoms with Gasteiger partial charge in [0.15, 0.2) is 0 Å². The van der Waals surface area contributed by atoms with Gasteiger partial charge < -0.3 is 20.3 Å². The third-order valence-electron chi connectivity index (χ3n) is 21.1. The van der Waals surface area contributed by atoms with E-state index in [4.69, 9.17) is 10.5 Å². The van der Waals surface area contributed by atoms with Crippen LogP contribution in [-0.2, 0) is 4.74 Å². The predicted octanol–water partition coefficient (Wildman–Crippen LogP) is 9.87. The Morgan fingerprint density at radius 2 is 0.750 bits per heavy atom. The Balaban J connectivity index is 0.000000135. The lowest BCUT2D eigenvalue weighted by molar-refractivity contribution is 0.0163. The van der Waals surface area contributed by atoms with Crippen LogP contribution in [0.1, 0.15) is 183 Å². The van der Waals surface area contributed by atoms with Gasteiger partial charge in [-0.1, -0.05) is 34.1 Å². The van der Waals surface area contributed by atoms with Gasteiger partial charge in [0.05, 0.1) is 13.2 Å². The van der Waals surface area contributed by atoms with Gasteiger partial charge in [-0.2, -0.15) is 0 Å². The quantitative estimate of drug-likeness (QED) is 0.269. The average Bonchev–Trinajstić information content (AvgIpc) is 4.18. The van der Waals surface area contributed by atoms with Crippen LogP contribution in [0.2, 0.25) is 0 Å². The van der Waals surface area contributed by atoms with Crippen LogP contribution in [-0.4, -0.2) is 184 Å². The fourth-order valence-electron chi connectivity index (χ4n) is 17.5. The molecule has 0 aromatic heterocycles. The standard InChI is InChI=1S/C17H32N2.C16H30N2O.C14H28N2.C12H24N2/c1-13-14(12-18-9-7-6-8-10-18)17(5)11-15(17)19(13)16(2,3)4;1-12-13(11-17-6-8-19-9-7-17)16(5)10-14(16)18(12)15(2,3)4;1-10-11(9-15(6)7)14(5)8-12(14)16(10)13(2,3)4;1-8-9(7-13)12(5)6-10(12)14(8)11(2,3)4/h13-15H,6-12H2,1-5H3;12-14H,6-11H2,1-5H3;10-12H,8-9H2,1-7H3;8-10H,6-7,13H2,1-5H3/t13-,14?,15?,17?;12-,13?,14?,16?;10-,11?,12?,14?;8-,9?,10?,12?/m1111/s1. The summed E-state index contributed by atoms with van der Waals surface area (Å²) in [7, 11) is 4.40. The molecule has 4 aliphatic carbocycles. The predicted molar refractivity (Wildman–Crippen MR) is 289 cm³/mol. The molecule has 10 rings (SSSR count). The summed E-state index contributed by atoms with van der Waals surface area (Å²) < 4.78 is 5.48. The third kappa shape index (κ3) is 10.5. The zero-order valence-electron chi connectivity index (χ0n) is 49.1. The van der Waals surface area contributed by atoms with Crippen molar-refractivity contribution >= 4 is 0 Å². The lowest BCUT2D eigenvalue weighted by atomic mass is 9.86. The van der Waals surface area contributed by atoms with Gasteiger partial charge in [0.1, 0.15) is 0 Å². The normalized spacial score (nSPS) is 45.0. The van der Waals surface area contributed by atoms with Crippen molar-refractivity contribution < 1.29 is 4.74 Å². The van der Waals surface area contributed by atoms with E-state index in [0.717, 1.165) is 86.9 Å². The second-order valence-corrected chi connectivity index (χ2v) is 30.4. The van der Waals surface area contributed by atoms with Crippen LogP contribution in [0.15, 0.2) is 0 Å². The van der Waals surface area contributed by atoms with E-state index >= 15 is 0 Å². The number of nitrogens with zero attached hydrogens (tertiary/aromatic N) is 7. The van der Waals surface area contributed by atoms with E-state index in [1.165, 1.54) is 77.7 Å². The Bertz CT molecular complexity index is 1630. The minimum absolute atomic E-state index is 0.297. The Morgan fingerprint density at radius 3 is 1.04 bits per heavy atom. The summed E-state index contributed by atoms with van der Waals surface area (Å²) in [5.41, 5.74) is 9.48. The second kappa shape index (κ2) is 19.1. The molecule has 10 fully saturated rings. The van der Waals surface area contributed by atoms with Crippen molar-refractivity contribution in [2.24, 2.45) is 51.1 Å². The van der Waals surface area contributed by atoms with Crippen molar-refractivity contribution in [2.45, 2.75) is 254 Å². The number of ether oxygens (including phenoxy) is 1. The molecule has 16 atom stereocenters. The van der Waals surface area contributed by atoms with E-state index in [9.17, 15) is 0 Å². The monoisotopic (exact) mass is 951 g/mol. The maximum absolute atomic E-state index is 5.91. The average molecular weight is 952 g/mol. The molecular formula is C59H114N8O. The molecule has 6 saturated heterocycles. The minimum Gasteiger partial charge on any atom is -0.379 e. The summed E-state index contributed by atoms with van der Waals surface area (Å²) in [5.74, 6) is 3.25. The maximum Gasteiger partial charge on any atom is 0.0594 e. The number of hydrogen-bond donors (Lipinski definition) is 1. The number of nitrogens with two attached hydrogens (primary N) is 1. The summed E-state index contributed by atoms with van der Waals surface area (Å²) in [6.07, 6.45) is 9.90. The number of fused-ring (bicyclic) bond motifs is 4. The maximum atomic E-state index is 5.91. The molecule has 0 radical (unpaired) electrons. The molecule has 6 aliphatic heterocycles. The van der Waals surface area contributed by atoms with Crippen LogP contribution in [0.25, 0.3) is 0 Å². The number of rotatable bonds is 7. The SMILES string of the molecule is C[C@@H]1C(CN(C)C)C2(C)CC2N1C(C)(C)C.C[C@@H]1C(CN)C2(C)CC2N1C(C)(C)C.C[C@@H]1C(CN2CCCCC2)C2(C)CC2N1C(C)(C)C.C[C@@H]1C(CN2CCOCC2)C2(C)CC2N1C(C)(C)C. The molecule has 0 aromatic carbocycles. The molecule has 4 saturated carbocycles. The molecule has 6 heterocycles. The first-order chi connectivity index (χ1) is 31.2. The van der Waals surface area contributed by atoms with E-state index in [0.29, 0.717) is 61.8 Å². The van der Waals surface area contributed by atoms with Crippen molar-refractivity contribution in [1.82, 2.24) is 34.3 Å². The summed E-state index contributed by atoms with van der Waals surface area (Å²) in [6, 6.07) is 6.18. The lowest BCUT2D eigenvalue weighted by Gasteiger charge is -2.41. The molecule has 9 heteroatoms. The first kappa shape index (κ1) is 55.4. The first-order valence-electron chi connectivity index (χ1n) is 28.7. The van der Waals surface area contributed by atoms with Gasteiger partial charge in [0, 0.05) is 103 Å². The molecule has 2 N–H and O–H groups in total. The summed E-state index contributed by atoms with van der Waals surface area (Å²) in [6.45, 7) is 59.5. The van der Waals surface area contributed by atoms with Gasteiger partial charge in [0.2, 0.25) is 0 Å². The fourth-order valence-corrected chi connectivity index (χ4v) is 17.5. The van der Waals surface area contributed by atoms with Crippen LogP contribution in [0, 0.1) is 45.3 Å². The molecule has 9 nitrogen and oxygen atoms in total. The molecule has 0 spiro atoms. The van der Waals surface area contributed by atoms with Crippen molar-refractivity contribution in [3.63, 3.8) is 0 Å². The number of likely N-dealkylation sites (tertiary alicyclic amines) is 5. The van der Waals surface area contributed by atoms with Gasteiger partial charge in [-0.15, -0.1) is 0 Å². The zero-order chi connectivity index (χ0) is 50.7. The molecule has 396 valence electrons. The van der Waals surface area contributed by atoms with Crippen molar-refractivity contribution in [3.05, 3.63) is 0 Å². The van der Waals surface area contributed by atoms with E-state index in [-0.39, 0.29) is 0 Å². The van der Waals surface area contributed by atoms with Crippen LogP contribution >= 0.6 is 0 Å². The Hall–Kier alpha value is -0.360. The Morgan fingerprint density at radius 1 is 0.456 bits per heavy atom. The topological polar surface area (TPSA) is 57.9 Å². The number of piperidine rings is 5. The van der Waals surface area contributed by atoms with Crippen molar-refractivity contribution in [1.29, 1.82) is 0 Å². The second-order valence-electron chi connectivity index (χ2n) is 30.4.